The average Bonchev–Trinajstić information content (AvgIpc) is 2.92. The van der Waals surface area contributed by atoms with Crippen molar-refractivity contribution in [2.75, 3.05) is 0 Å². The molecule has 8 nitrogen and oxygen atoms in total. The van der Waals surface area contributed by atoms with Crippen molar-refractivity contribution in [1.29, 1.82) is 0 Å². The quantitative estimate of drug-likeness (QED) is 0.661. The molecule has 0 amide bonds. The van der Waals surface area contributed by atoms with Gasteiger partial charge < -0.3 is 15.0 Å². The molecule has 22 heavy (non-hydrogen) atoms. The second kappa shape index (κ2) is 6.29. The normalized spacial score (nSPS) is 15.5. The molecule has 0 atom stereocenters. The van der Waals surface area contributed by atoms with E-state index < -0.39 is 10.5 Å². The Bertz CT molecular complexity index is 654. The monoisotopic (exact) mass is 326 g/mol. The van der Waals surface area contributed by atoms with Crippen molar-refractivity contribution in [1.82, 2.24) is 10.1 Å². The number of benzene rings is 1. The van der Waals surface area contributed by atoms with Gasteiger partial charge in [-0.1, -0.05) is 5.16 Å². The Kier molecular flexibility index (Phi) is 4.62. The maximum Gasteiger partial charge on any atom is 0.269 e. The molecule has 118 valence electrons. The van der Waals surface area contributed by atoms with E-state index in [0.29, 0.717) is 17.5 Å². The van der Waals surface area contributed by atoms with Crippen LogP contribution >= 0.6 is 12.4 Å². The van der Waals surface area contributed by atoms with Gasteiger partial charge in [0.25, 0.3) is 11.6 Å². The fourth-order valence-electron chi connectivity index (χ4n) is 2.11. The molecule has 0 bridgehead atoms. The summed E-state index contributed by atoms with van der Waals surface area (Å²) >= 11 is 0. The van der Waals surface area contributed by atoms with Gasteiger partial charge in [-0.2, -0.15) is 4.98 Å². The molecule has 2 aromatic rings. The van der Waals surface area contributed by atoms with Crippen LogP contribution in [0.15, 0.2) is 28.8 Å². The zero-order valence-corrected chi connectivity index (χ0v) is 12.4. The first-order chi connectivity index (χ1) is 10.1. The topological polar surface area (TPSA) is 117 Å². The largest absolute Gasteiger partial charge is 0.484 e. The number of rotatable bonds is 5. The molecule has 1 aromatic heterocycles. The molecular weight excluding hydrogens is 312 g/mol. The standard InChI is InChI=1S/C13H14N4O4.ClH/c14-13(6-1-7-13)12-15-11(21-16-12)8-20-10-4-2-9(3-5-10)17(18)19;/h2-5H,1,6-8,14H2;1H. The van der Waals surface area contributed by atoms with Crippen molar-refractivity contribution in [3.05, 3.63) is 46.1 Å². The Hall–Kier alpha value is -2.19. The molecule has 1 aliphatic carbocycles. The van der Waals surface area contributed by atoms with Crippen LogP contribution in [0.25, 0.3) is 0 Å². The second-order valence-electron chi connectivity index (χ2n) is 5.06. The molecule has 0 aliphatic heterocycles. The molecule has 0 spiro atoms. The molecule has 2 N–H and O–H groups in total. The zero-order valence-electron chi connectivity index (χ0n) is 11.6. The fraction of sp³-hybridized carbons (Fsp3) is 0.385. The summed E-state index contributed by atoms with van der Waals surface area (Å²) in [6.45, 7) is 0.0981. The first kappa shape index (κ1) is 16.2. The number of nitro benzene ring substituents is 1. The molecule has 3 rings (SSSR count). The van der Waals surface area contributed by atoms with E-state index in [1.165, 1.54) is 24.3 Å². The van der Waals surface area contributed by atoms with Crippen molar-refractivity contribution in [2.24, 2.45) is 5.73 Å². The summed E-state index contributed by atoms with van der Waals surface area (Å²) in [5.41, 5.74) is 5.65. The molecule has 9 heteroatoms. The molecule has 1 aliphatic rings. The summed E-state index contributed by atoms with van der Waals surface area (Å²) in [6.07, 6.45) is 2.78. The number of aromatic nitrogens is 2. The van der Waals surface area contributed by atoms with E-state index >= 15 is 0 Å². The van der Waals surface area contributed by atoms with Crippen LogP contribution in [0.1, 0.15) is 31.0 Å². The van der Waals surface area contributed by atoms with E-state index in [-0.39, 0.29) is 24.7 Å². The van der Waals surface area contributed by atoms with Crippen LogP contribution in [0.5, 0.6) is 5.75 Å². The lowest BCUT2D eigenvalue weighted by Gasteiger charge is -2.34. The summed E-state index contributed by atoms with van der Waals surface area (Å²) in [4.78, 5) is 14.3. The first-order valence-electron chi connectivity index (χ1n) is 6.56. The van der Waals surface area contributed by atoms with Crippen LogP contribution in [0.4, 0.5) is 5.69 Å². The summed E-state index contributed by atoms with van der Waals surface area (Å²) in [5.74, 6) is 1.34. The minimum absolute atomic E-state index is 0. The maximum absolute atomic E-state index is 10.5. The minimum atomic E-state index is -0.465. The summed E-state index contributed by atoms with van der Waals surface area (Å²) in [7, 11) is 0. The number of nitrogens with two attached hydrogens (primary N) is 1. The second-order valence-corrected chi connectivity index (χ2v) is 5.06. The lowest BCUT2D eigenvalue weighted by molar-refractivity contribution is -0.384. The van der Waals surface area contributed by atoms with Gasteiger partial charge >= 0.3 is 0 Å². The van der Waals surface area contributed by atoms with E-state index in [1.807, 2.05) is 0 Å². The Morgan fingerprint density at radius 2 is 2.05 bits per heavy atom. The number of halogens is 1. The summed E-state index contributed by atoms with van der Waals surface area (Å²) in [6, 6.07) is 5.78. The van der Waals surface area contributed by atoms with E-state index in [1.54, 1.807) is 0 Å². The molecule has 0 saturated heterocycles. The van der Waals surface area contributed by atoms with Crippen molar-refractivity contribution in [3.63, 3.8) is 0 Å². The predicted octanol–water partition coefficient (Wildman–Crippen LogP) is 2.32. The number of hydrogen-bond donors (Lipinski definition) is 1. The van der Waals surface area contributed by atoms with Gasteiger partial charge in [0.15, 0.2) is 12.4 Å². The number of nitro groups is 1. The molecular formula is C13H15ClN4O4. The Morgan fingerprint density at radius 3 is 2.59 bits per heavy atom. The highest BCUT2D eigenvalue weighted by Gasteiger charge is 2.38. The molecule has 1 saturated carbocycles. The van der Waals surface area contributed by atoms with E-state index in [4.69, 9.17) is 15.0 Å². The highest BCUT2D eigenvalue weighted by molar-refractivity contribution is 5.85. The van der Waals surface area contributed by atoms with Crippen molar-refractivity contribution >= 4 is 18.1 Å². The van der Waals surface area contributed by atoms with Gasteiger partial charge in [-0.05, 0) is 31.4 Å². The fourth-order valence-corrected chi connectivity index (χ4v) is 2.11. The predicted molar refractivity (Wildman–Crippen MR) is 78.7 cm³/mol. The minimum Gasteiger partial charge on any atom is -0.484 e. The van der Waals surface area contributed by atoms with Gasteiger partial charge in [0.2, 0.25) is 0 Å². The SMILES string of the molecule is Cl.NC1(c2noc(COc3ccc([N+](=O)[O-])cc3)n2)CCC1. The first-order valence-corrected chi connectivity index (χ1v) is 6.56. The highest BCUT2D eigenvalue weighted by Crippen LogP contribution is 2.36. The van der Waals surface area contributed by atoms with Gasteiger partial charge in [0.1, 0.15) is 5.75 Å². The zero-order chi connectivity index (χ0) is 14.9. The van der Waals surface area contributed by atoms with Crippen LogP contribution in [0.3, 0.4) is 0 Å². The lowest BCUT2D eigenvalue weighted by atomic mass is 9.77. The Labute approximate surface area is 132 Å². The molecule has 1 aromatic carbocycles. The molecule has 0 radical (unpaired) electrons. The lowest BCUT2D eigenvalue weighted by Crippen LogP contribution is -2.44. The maximum atomic E-state index is 10.5. The van der Waals surface area contributed by atoms with E-state index in [9.17, 15) is 10.1 Å². The summed E-state index contributed by atoms with van der Waals surface area (Å²) in [5, 5.41) is 14.4. The molecule has 0 unspecified atom stereocenters. The van der Waals surface area contributed by atoms with Crippen molar-refractivity contribution < 1.29 is 14.2 Å². The van der Waals surface area contributed by atoms with Gasteiger partial charge in [-0.15, -0.1) is 12.4 Å². The highest BCUT2D eigenvalue weighted by atomic mass is 35.5. The van der Waals surface area contributed by atoms with Gasteiger partial charge in [0, 0.05) is 12.1 Å². The average molecular weight is 327 g/mol. The third-order valence-corrected chi connectivity index (χ3v) is 3.57. The van der Waals surface area contributed by atoms with Gasteiger partial charge in [-0.3, -0.25) is 10.1 Å². The van der Waals surface area contributed by atoms with E-state index in [0.717, 1.165) is 19.3 Å². The van der Waals surface area contributed by atoms with Crippen LogP contribution in [0.2, 0.25) is 0 Å². The van der Waals surface area contributed by atoms with E-state index in [2.05, 4.69) is 10.1 Å². The van der Waals surface area contributed by atoms with Crippen LogP contribution in [0, 0.1) is 10.1 Å². The number of hydrogen-bond acceptors (Lipinski definition) is 7. The third-order valence-electron chi connectivity index (χ3n) is 3.57. The van der Waals surface area contributed by atoms with Crippen molar-refractivity contribution in [3.8, 4) is 5.75 Å². The van der Waals surface area contributed by atoms with Crippen LogP contribution < -0.4 is 10.5 Å². The smallest absolute Gasteiger partial charge is 0.269 e. The molecule has 1 fully saturated rings. The number of non-ortho nitro benzene ring substituents is 1. The number of ether oxygens (including phenoxy) is 1. The van der Waals surface area contributed by atoms with Crippen molar-refractivity contribution in [2.45, 2.75) is 31.4 Å². The number of nitrogens with zero attached hydrogens (tertiary/aromatic N) is 3. The van der Waals surface area contributed by atoms with Crippen LogP contribution in [-0.4, -0.2) is 15.1 Å². The third kappa shape index (κ3) is 3.18. The van der Waals surface area contributed by atoms with Gasteiger partial charge in [0.05, 0.1) is 10.5 Å². The molecule has 1 heterocycles. The Morgan fingerprint density at radius 1 is 1.36 bits per heavy atom. The van der Waals surface area contributed by atoms with Crippen LogP contribution in [-0.2, 0) is 12.1 Å². The Balaban J connectivity index is 0.00000176. The summed E-state index contributed by atoms with van der Waals surface area (Å²) < 4.78 is 10.5. The van der Waals surface area contributed by atoms with Gasteiger partial charge in [-0.25, -0.2) is 0 Å².